The number of morpholine rings is 1. The lowest BCUT2D eigenvalue weighted by atomic mass is 10.0. The van der Waals surface area contributed by atoms with Crippen LogP contribution in [0.25, 0.3) is 0 Å². The Kier molecular flexibility index (Phi) is 7.45. The Hall–Kier alpha value is -1.34. The number of ether oxygens (including phenoxy) is 1. The molecule has 7 heteroatoms. The van der Waals surface area contributed by atoms with Gasteiger partial charge in [-0.3, -0.25) is 4.90 Å². The summed E-state index contributed by atoms with van der Waals surface area (Å²) in [6.45, 7) is 9.63. The maximum Gasteiger partial charge on any atom is 0.326 e. The van der Waals surface area contributed by atoms with E-state index in [2.05, 4.69) is 22.5 Å². The number of carboxylic acids is 1. The van der Waals surface area contributed by atoms with Gasteiger partial charge in [0.25, 0.3) is 0 Å². The van der Waals surface area contributed by atoms with Crippen molar-refractivity contribution in [2.45, 2.75) is 39.3 Å². The molecule has 0 radical (unpaired) electrons. The third-order valence-corrected chi connectivity index (χ3v) is 3.47. The molecule has 1 fully saturated rings. The number of aliphatic carboxylic acids is 1. The maximum atomic E-state index is 11.8. The molecule has 3 N–H and O–H groups in total. The van der Waals surface area contributed by atoms with E-state index in [-0.39, 0.29) is 12.0 Å². The molecule has 2 amide bonds. The standard InChI is InChI=1S/C14H27N3O4/c1-4-17-5-6-21-11(9-17)8-15-14(20)16-12(13(18)19)7-10(2)3/h10-12H,4-9H2,1-3H3,(H,18,19)(H2,15,16,20). The first-order valence-electron chi connectivity index (χ1n) is 7.53. The van der Waals surface area contributed by atoms with E-state index in [1.54, 1.807) is 0 Å². The number of nitrogens with one attached hydrogen (secondary N) is 2. The van der Waals surface area contributed by atoms with E-state index in [9.17, 15) is 9.59 Å². The summed E-state index contributed by atoms with van der Waals surface area (Å²) in [6, 6.07) is -1.32. The Morgan fingerprint density at radius 3 is 2.71 bits per heavy atom. The normalized spacial score (nSPS) is 21.0. The number of rotatable bonds is 7. The van der Waals surface area contributed by atoms with Crippen LogP contribution in [0.5, 0.6) is 0 Å². The highest BCUT2D eigenvalue weighted by Gasteiger charge is 2.23. The fraction of sp³-hybridized carbons (Fsp3) is 0.857. The molecule has 0 bridgehead atoms. The van der Waals surface area contributed by atoms with E-state index < -0.39 is 18.0 Å². The summed E-state index contributed by atoms with van der Waals surface area (Å²) < 4.78 is 5.58. The van der Waals surface area contributed by atoms with Crippen LogP contribution in [0, 0.1) is 5.92 Å². The molecule has 1 rings (SSSR count). The molecule has 0 aromatic carbocycles. The second kappa shape index (κ2) is 8.84. The van der Waals surface area contributed by atoms with Gasteiger partial charge in [0, 0.05) is 19.6 Å². The van der Waals surface area contributed by atoms with Crippen LogP contribution in [-0.2, 0) is 9.53 Å². The van der Waals surface area contributed by atoms with Crippen molar-refractivity contribution in [3.8, 4) is 0 Å². The van der Waals surface area contributed by atoms with Crippen molar-refractivity contribution >= 4 is 12.0 Å². The predicted octanol–water partition coefficient (Wildman–Crippen LogP) is 0.506. The number of hydrogen-bond donors (Lipinski definition) is 3. The number of amides is 2. The number of carboxylic acid groups (broad SMARTS) is 1. The molecule has 122 valence electrons. The van der Waals surface area contributed by atoms with Crippen molar-refractivity contribution in [2.24, 2.45) is 5.92 Å². The van der Waals surface area contributed by atoms with Crippen molar-refractivity contribution in [1.29, 1.82) is 0 Å². The third-order valence-electron chi connectivity index (χ3n) is 3.47. The average molecular weight is 301 g/mol. The third kappa shape index (κ3) is 6.77. The van der Waals surface area contributed by atoms with Crippen molar-refractivity contribution < 1.29 is 19.4 Å². The highest BCUT2D eigenvalue weighted by molar-refractivity contribution is 5.82. The fourth-order valence-electron chi connectivity index (χ4n) is 2.30. The largest absolute Gasteiger partial charge is 0.480 e. The van der Waals surface area contributed by atoms with Gasteiger partial charge in [0.2, 0.25) is 0 Å². The van der Waals surface area contributed by atoms with Gasteiger partial charge in [-0.25, -0.2) is 9.59 Å². The molecule has 0 aromatic heterocycles. The zero-order chi connectivity index (χ0) is 15.8. The molecule has 0 saturated carbocycles. The molecule has 2 unspecified atom stereocenters. The lowest BCUT2D eigenvalue weighted by Gasteiger charge is -2.32. The van der Waals surface area contributed by atoms with Gasteiger partial charge in [0.15, 0.2) is 0 Å². The first kappa shape index (κ1) is 17.7. The quantitative estimate of drug-likeness (QED) is 0.637. The van der Waals surface area contributed by atoms with E-state index in [1.807, 2.05) is 13.8 Å². The first-order chi connectivity index (χ1) is 9.92. The van der Waals surface area contributed by atoms with E-state index in [0.29, 0.717) is 19.6 Å². The van der Waals surface area contributed by atoms with Gasteiger partial charge < -0.3 is 20.5 Å². The van der Waals surface area contributed by atoms with Crippen LogP contribution < -0.4 is 10.6 Å². The molecular formula is C14H27N3O4. The number of carbonyl (C=O) groups is 2. The molecule has 1 aliphatic heterocycles. The number of nitrogens with zero attached hydrogens (tertiary/aromatic N) is 1. The van der Waals surface area contributed by atoms with Crippen molar-refractivity contribution in [1.82, 2.24) is 15.5 Å². The molecule has 21 heavy (non-hydrogen) atoms. The summed E-state index contributed by atoms with van der Waals surface area (Å²) in [5.74, 6) is -0.809. The highest BCUT2D eigenvalue weighted by atomic mass is 16.5. The summed E-state index contributed by atoms with van der Waals surface area (Å²) in [5, 5.41) is 14.3. The molecule has 7 nitrogen and oxygen atoms in total. The average Bonchev–Trinajstić information content (AvgIpc) is 2.44. The van der Waals surface area contributed by atoms with Gasteiger partial charge >= 0.3 is 12.0 Å². The molecule has 1 heterocycles. The Balaban J connectivity index is 2.33. The van der Waals surface area contributed by atoms with Crippen LogP contribution in [0.4, 0.5) is 4.79 Å². The monoisotopic (exact) mass is 301 g/mol. The van der Waals surface area contributed by atoms with Crippen LogP contribution in [0.3, 0.4) is 0 Å². The first-order valence-corrected chi connectivity index (χ1v) is 7.53. The molecular weight excluding hydrogens is 274 g/mol. The minimum atomic E-state index is -1.01. The topological polar surface area (TPSA) is 90.9 Å². The summed E-state index contributed by atoms with van der Waals surface area (Å²) in [7, 11) is 0. The van der Waals surface area contributed by atoms with E-state index in [4.69, 9.17) is 9.84 Å². The summed E-state index contributed by atoms with van der Waals surface area (Å²) in [5.41, 5.74) is 0. The second-order valence-corrected chi connectivity index (χ2v) is 5.76. The number of hydrogen-bond acceptors (Lipinski definition) is 4. The molecule has 0 aliphatic carbocycles. The van der Waals surface area contributed by atoms with Gasteiger partial charge in [-0.05, 0) is 18.9 Å². The SMILES string of the molecule is CCN1CCOC(CNC(=O)NC(CC(C)C)C(=O)O)C1. The zero-order valence-electron chi connectivity index (χ0n) is 13.1. The van der Waals surface area contributed by atoms with Crippen molar-refractivity contribution in [2.75, 3.05) is 32.8 Å². The smallest absolute Gasteiger partial charge is 0.326 e. The van der Waals surface area contributed by atoms with Crippen LogP contribution in [-0.4, -0.2) is 66.9 Å². The molecule has 1 saturated heterocycles. The van der Waals surface area contributed by atoms with E-state index >= 15 is 0 Å². The number of urea groups is 1. The van der Waals surface area contributed by atoms with Crippen molar-refractivity contribution in [3.63, 3.8) is 0 Å². The van der Waals surface area contributed by atoms with E-state index in [1.165, 1.54) is 0 Å². The lowest BCUT2D eigenvalue weighted by molar-refractivity contribution is -0.139. The van der Waals surface area contributed by atoms with E-state index in [0.717, 1.165) is 19.6 Å². The van der Waals surface area contributed by atoms with Gasteiger partial charge in [0.05, 0.1) is 12.7 Å². The second-order valence-electron chi connectivity index (χ2n) is 5.76. The Labute approximate surface area is 126 Å². The number of carbonyl (C=O) groups excluding carboxylic acids is 1. The van der Waals surface area contributed by atoms with Gasteiger partial charge in [-0.15, -0.1) is 0 Å². The van der Waals surface area contributed by atoms with Crippen molar-refractivity contribution in [3.05, 3.63) is 0 Å². The molecule has 1 aliphatic rings. The fourth-order valence-corrected chi connectivity index (χ4v) is 2.30. The number of likely N-dealkylation sites (N-methyl/N-ethyl adjacent to an activating group) is 1. The van der Waals surface area contributed by atoms with Crippen LogP contribution >= 0.6 is 0 Å². The van der Waals surface area contributed by atoms with Gasteiger partial charge in [-0.1, -0.05) is 20.8 Å². The molecule has 0 aromatic rings. The molecule has 2 atom stereocenters. The van der Waals surface area contributed by atoms with Crippen LogP contribution in [0.2, 0.25) is 0 Å². The zero-order valence-corrected chi connectivity index (χ0v) is 13.1. The van der Waals surface area contributed by atoms with Gasteiger partial charge in [0.1, 0.15) is 6.04 Å². The Morgan fingerprint density at radius 2 is 2.14 bits per heavy atom. The maximum absolute atomic E-state index is 11.8. The minimum absolute atomic E-state index is 0.0437. The summed E-state index contributed by atoms with van der Waals surface area (Å²) in [4.78, 5) is 25.1. The Bertz CT molecular complexity index is 349. The lowest BCUT2D eigenvalue weighted by Crippen LogP contribution is -2.51. The van der Waals surface area contributed by atoms with Crippen LogP contribution in [0.15, 0.2) is 0 Å². The minimum Gasteiger partial charge on any atom is -0.480 e. The van der Waals surface area contributed by atoms with Crippen LogP contribution in [0.1, 0.15) is 27.2 Å². The highest BCUT2D eigenvalue weighted by Crippen LogP contribution is 2.05. The Morgan fingerprint density at radius 1 is 1.43 bits per heavy atom. The predicted molar refractivity (Wildman–Crippen MR) is 79.3 cm³/mol. The summed E-state index contributed by atoms with van der Waals surface area (Å²) >= 11 is 0. The molecule has 0 spiro atoms. The summed E-state index contributed by atoms with van der Waals surface area (Å²) in [6.07, 6.45) is 0.365. The van der Waals surface area contributed by atoms with Gasteiger partial charge in [-0.2, -0.15) is 0 Å².